The van der Waals surface area contributed by atoms with Crippen LogP contribution in [0, 0.1) is 0 Å². The zero-order chi connectivity index (χ0) is 16.4. The summed E-state index contributed by atoms with van der Waals surface area (Å²) in [5.41, 5.74) is 1.29. The van der Waals surface area contributed by atoms with Crippen LogP contribution in [-0.2, 0) is 4.74 Å². The number of fused-ring (bicyclic) bond motifs is 1. The van der Waals surface area contributed by atoms with E-state index in [0.717, 1.165) is 29.8 Å². The van der Waals surface area contributed by atoms with Crippen molar-refractivity contribution in [3.05, 3.63) is 30.5 Å². The minimum absolute atomic E-state index is 0.0677. The molecule has 122 valence electrons. The summed E-state index contributed by atoms with van der Waals surface area (Å²) in [5.74, 6) is 0.845. The first-order valence-corrected chi connectivity index (χ1v) is 7.87. The highest BCUT2D eigenvalue weighted by Gasteiger charge is 2.27. The Morgan fingerprint density at radius 3 is 2.78 bits per heavy atom. The van der Waals surface area contributed by atoms with Crippen LogP contribution in [0.2, 0.25) is 0 Å². The van der Waals surface area contributed by atoms with E-state index >= 15 is 0 Å². The molecule has 6 nitrogen and oxygen atoms in total. The number of carbonyl (C=O) groups is 1. The summed E-state index contributed by atoms with van der Waals surface area (Å²) in [6.45, 7) is 7.13. The van der Waals surface area contributed by atoms with Crippen LogP contribution in [0.5, 0.6) is 0 Å². The Kier molecular flexibility index (Phi) is 4.07. The van der Waals surface area contributed by atoms with Crippen molar-refractivity contribution < 1.29 is 9.53 Å². The maximum atomic E-state index is 11.9. The van der Waals surface area contributed by atoms with Crippen molar-refractivity contribution in [2.45, 2.75) is 38.8 Å². The van der Waals surface area contributed by atoms with Gasteiger partial charge < -0.3 is 15.0 Å². The Balaban J connectivity index is 1.63. The third kappa shape index (κ3) is 3.88. The highest BCUT2D eigenvalue weighted by molar-refractivity contribution is 5.75. The molecule has 1 atom stereocenters. The van der Waals surface area contributed by atoms with Crippen molar-refractivity contribution in [3.8, 4) is 0 Å². The molecule has 1 aromatic carbocycles. The van der Waals surface area contributed by atoms with Crippen LogP contribution < -0.4 is 10.2 Å². The molecule has 0 aliphatic carbocycles. The van der Waals surface area contributed by atoms with Crippen molar-refractivity contribution in [1.82, 2.24) is 15.3 Å². The molecule has 23 heavy (non-hydrogen) atoms. The summed E-state index contributed by atoms with van der Waals surface area (Å²) in [6.07, 6.45) is 2.29. The second-order valence-electron chi connectivity index (χ2n) is 6.79. The predicted octanol–water partition coefficient (Wildman–Crippen LogP) is 2.73. The molecule has 3 rings (SSSR count). The van der Waals surface area contributed by atoms with E-state index in [9.17, 15) is 4.79 Å². The average Bonchev–Trinajstić information content (AvgIpc) is 2.93. The summed E-state index contributed by atoms with van der Waals surface area (Å²) < 4.78 is 5.30. The highest BCUT2D eigenvalue weighted by Crippen LogP contribution is 2.20. The van der Waals surface area contributed by atoms with Crippen molar-refractivity contribution in [3.63, 3.8) is 0 Å². The van der Waals surface area contributed by atoms with Gasteiger partial charge in [-0.25, -0.2) is 9.78 Å². The first-order chi connectivity index (χ1) is 10.9. The molecule has 0 saturated carbocycles. The van der Waals surface area contributed by atoms with Crippen LogP contribution in [0.3, 0.4) is 0 Å². The number of rotatable bonds is 2. The number of hydrogen-bond acceptors (Lipinski definition) is 5. The molecule has 1 fully saturated rings. The first-order valence-electron chi connectivity index (χ1n) is 7.87. The Morgan fingerprint density at radius 2 is 2.04 bits per heavy atom. The number of nitrogens with one attached hydrogen (secondary N) is 1. The summed E-state index contributed by atoms with van der Waals surface area (Å²) in [7, 11) is 0. The molecule has 1 unspecified atom stereocenters. The van der Waals surface area contributed by atoms with Crippen LogP contribution in [0.25, 0.3) is 11.0 Å². The van der Waals surface area contributed by atoms with Crippen LogP contribution in [0.15, 0.2) is 30.5 Å². The van der Waals surface area contributed by atoms with Gasteiger partial charge in [0.25, 0.3) is 0 Å². The molecule has 2 heterocycles. The molecule has 1 aromatic heterocycles. The number of alkyl carbamates (subject to hydrolysis) is 1. The van der Waals surface area contributed by atoms with Crippen LogP contribution >= 0.6 is 0 Å². The predicted molar refractivity (Wildman–Crippen MR) is 89.5 cm³/mol. The third-order valence-corrected chi connectivity index (χ3v) is 3.67. The highest BCUT2D eigenvalue weighted by atomic mass is 16.6. The van der Waals surface area contributed by atoms with E-state index < -0.39 is 5.60 Å². The van der Waals surface area contributed by atoms with E-state index in [1.165, 1.54) is 0 Å². The zero-order valence-electron chi connectivity index (χ0n) is 13.7. The monoisotopic (exact) mass is 314 g/mol. The normalized spacial score (nSPS) is 18.2. The number of ether oxygens (including phenoxy) is 1. The second-order valence-corrected chi connectivity index (χ2v) is 6.79. The molecule has 1 aliphatic rings. The van der Waals surface area contributed by atoms with Gasteiger partial charge in [0.15, 0.2) is 0 Å². The van der Waals surface area contributed by atoms with Gasteiger partial charge in [0, 0.05) is 13.1 Å². The van der Waals surface area contributed by atoms with Crippen molar-refractivity contribution in [1.29, 1.82) is 0 Å². The zero-order valence-corrected chi connectivity index (χ0v) is 13.7. The van der Waals surface area contributed by atoms with Crippen molar-refractivity contribution in [2.75, 3.05) is 18.0 Å². The minimum atomic E-state index is -0.480. The lowest BCUT2D eigenvalue weighted by Crippen LogP contribution is -2.40. The number of nitrogens with zero attached hydrogens (tertiary/aromatic N) is 3. The largest absolute Gasteiger partial charge is 0.444 e. The maximum absolute atomic E-state index is 11.9. The van der Waals surface area contributed by atoms with Crippen LogP contribution in [0.4, 0.5) is 10.6 Å². The molecule has 0 spiro atoms. The fourth-order valence-electron chi connectivity index (χ4n) is 2.66. The van der Waals surface area contributed by atoms with Gasteiger partial charge in [-0.3, -0.25) is 4.98 Å². The lowest BCUT2D eigenvalue weighted by atomic mass is 10.2. The first kappa shape index (κ1) is 15.5. The van der Waals surface area contributed by atoms with E-state index in [4.69, 9.17) is 4.74 Å². The van der Waals surface area contributed by atoms with E-state index in [-0.39, 0.29) is 12.1 Å². The van der Waals surface area contributed by atoms with Gasteiger partial charge in [-0.15, -0.1) is 0 Å². The number of aromatic nitrogens is 2. The molecule has 0 radical (unpaired) electrons. The van der Waals surface area contributed by atoms with E-state index in [0.29, 0.717) is 6.54 Å². The summed E-state index contributed by atoms with van der Waals surface area (Å²) >= 11 is 0. The summed E-state index contributed by atoms with van der Waals surface area (Å²) in [4.78, 5) is 23.1. The van der Waals surface area contributed by atoms with Crippen LogP contribution in [-0.4, -0.2) is 40.8 Å². The SMILES string of the molecule is CC(C)(C)OC(=O)NC1CCN(c2cnc3ccccc3n2)C1. The van der Waals surface area contributed by atoms with Gasteiger partial charge in [0.2, 0.25) is 0 Å². The Labute approximate surface area is 135 Å². The smallest absolute Gasteiger partial charge is 0.407 e. The summed E-state index contributed by atoms with van der Waals surface area (Å²) in [6, 6.07) is 7.88. The maximum Gasteiger partial charge on any atom is 0.407 e. The Morgan fingerprint density at radius 1 is 1.30 bits per heavy atom. The topological polar surface area (TPSA) is 67.3 Å². The number of amides is 1. The van der Waals surface area contributed by atoms with Gasteiger partial charge in [0.05, 0.1) is 23.3 Å². The number of benzene rings is 1. The molecule has 0 bridgehead atoms. The van der Waals surface area contributed by atoms with Gasteiger partial charge in [-0.05, 0) is 39.3 Å². The molecule has 2 aromatic rings. The second kappa shape index (κ2) is 6.02. The van der Waals surface area contributed by atoms with Gasteiger partial charge in [0.1, 0.15) is 11.4 Å². The Hall–Kier alpha value is -2.37. The molecule has 1 aliphatic heterocycles. The number of hydrogen-bond donors (Lipinski definition) is 1. The third-order valence-electron chi connectivity index (χ3n) is 3.67. The lowest BCUT2D eigenvalue weighted by molar-refractivity contribution is 0.0509. The molecular weight excluding hydrogens is 292 g/mol. The number of carbonyl (C=O) groups excluding carboxylic acids is 1. The molecule has 1 saturated heterocycles. The molecule has 1 N–H and O–H groups in total. The molecule has 6 heteroatoms. The fourth-order valence-corrected chi connectivity index (χ4v) is 2.66. The fraction of sp³-hybridized carbons (Fsp3) is 0.471. The van der Waals surface area contributed by atoms with Crippen molar-refractivity contribution >= 4 is 22.9 Å². The van der Waals surface area contributed by atoms with Gasteiger partial charge >= 0.3 is 6.09 Å². The molecular formula is C17H22N4O2. The van der Waals surface area contributed by atoms with E-state index in [1.807, 2.05) is 45.0 Å². The number of anilines is 1. The van der Waals surface area contributed by atoms with E-state index in [1.54, 1.807) is 6.20 Å². The Bertz CT molecular complexity index is 711. The minimum Gasteiger partial charge on any atom is -0.444 e. The van der Waals surface area contributed by atoms with Gasteiger partial charge in [-0.1, -0.05) is 12.1 Å². The average molecular weight is 314 g/mol. The molecule has 1 amide bonds. The van der Waals surface area contributed by atoms with Crippen LogP contribution in [0.1, 0.15) is 27.2 Å². The van der Waals surface area contributed by atoms with Crippen molar-refractivity contribution in [2.24, 2.45) is 0 Å². The summed E-state index contributed by atoms with van der Waals surface area (Å²) in [5, 5.41) is 2.92. The standard InChI is InChI=1S/C17H22N4O2/c1-17(2,3)23-16(22)19-12-8-9-21(11-12)15-10-18-13-6-4-5-7-14(13)20-15/h4-7,10,12H,8-9,11H2,1-3H3,(H,19,22). The lowest BCUT2D eigenvalue weighted by Gasteiger charge is -2.22. The van der Waals surface area contributed by atoms with Gasteiger partial charge in [-0.2, -0.15) is 0 Å². The quantitative estimate of drug-likeness (QED) is 0.923. The number of para-hydroxylation sites is 2. The van der Waals surface area contributed by atoms with E-state index in [2.05, 4.69) is 20.2 Å².